The number of benzene rings is 2. The normalized spacial score (nSPS) is 11.8. The lowest BCUT2D eigenvalue weighted by atomic mass is 10.1. The predicted molar refractivity (Wildman–Crippen MR) is 89.4 cm³/mol. The molecular formula is C17H19NO3S. The number of aliphatic hydroxyl groups is 1. The highest BCUT2D eigenvalue weighted by Crippen LogP contribution is 2.20. The van der Waals surface area contributed by atoms with E-state index in [1.807, 2.05) is 36.6 Å². The number of rotatable bonds is 6. The topological polar surface area (TPSA) is 58.6 Å². The van der Waals surface area contributed by atoms with Crippen LogP contribution in [0.5, 0.6) is 5.75 Å². The highest BCUT2D eigenvalue weighted by molar-refractivity contribution is 7.98. The fourth-order valence-corrected chi connectivity index (χ4v) is 2.37. The summed E-state index contributed by atoms with van der Waals surface area (Å²) in [6, 6.07) is 14.7. The van der Waals surface area contributed by atoms with Gasteiger partial charge in [-0.05, 0) is 49.1 Å². The van der Waals surface area contributed by atoms with Crippen molar-refractivity contribution in [2.24, 2.45) is 0 Å². The largest absolute Gasteiger partial charge is 0.484 e. The number of carbonyl (C=O) groups is 1. The van der Waals surface area contributed by atoms with Crippen LogP contribution in [-0.2, 0) is 4.79 Å². The Kier molecular flexibility index (Phi) is 5.86. The van der Waals surface area contributed by atoms with Crippen molar-refractivity contribution < 1.29 is 14.6 Å². The van der Waals surface area contributed by atoms with Crippen molar-refractivity contribution in [2.45, 2.75) is 17.9 Å². The maximum Gasteiger partial charge on any atom is 0.262 e. The van der Waals surface area contributed by atoms with Gasteiger partial charge in [0.15, 0.2) is 6.61 Å². The van der Waals surface area contributed by atoms with Gasteiger partial charge < -0.3 is 15.2 Å². The van der Waals surface area contributed by atoms with Gasteiger partial charge in [-0.1, -0.05) is 18.2 Å². The van der Waals surface area contributed by atoms with Gasteiger partial charge in [0.25, 0.3) is 5.91 Å². The summed E-state index contributed by atoms with van der Waals surface area (Å²) in [6.07, 6.45) is 1.42. The number of hydrogen-bond acceptors (Lipinski definition) is 4. The number of hydrogen-bond donors (Lipinski definition) is 2. The van der Waals surface area contributed by atoms with Crippen LogP contribution in [0.4, 0.5) is 5.69 Å². The summed E-state index contributed by atoms with van der Waals surface area (Å²) >= 11 is 1.62. The number of carbonyl (C=O) groups excluding carboxylic acids is 1. The SMILES string of the molecule is CSc1cccc(NC(=O)COc2cccc([C@H](C)O)c2)c1. The maximum absolute atomic E-state index is 11.9. The number of anilines is 1. The Hall–Kier alpha value is -1.98. The first-order valence-corrected chi connectivity index (χ1v) is 8.15. The molecule has 0 heterocycles. The molecule has 2 aromatic carbocycles. The average Bonchev–Trinajstić information content (AvgIpc) is 2.53. The highest BCUT2D eigenvalue weighted by Gasteiger charge is 2.06. The molecule has 0 spiro atoms. The lowest BCUT2D eigenvalue weighted by Crippen LogP contribution is -2.20. The highest BCUT2D eigenvalue weighted by atomic mass is 32.2. The second-order valence-electron chi connectivity index (χ2n) is 4.82. The van der Waals surface area contributed by atoms with Crippen LogP contribution in [0.25, 0.3) is 0 Å². The summed E-state index contributed by atoms with van der Waals surface area (Å²) in [7, 11) is 0. The molecule has 116 valence electrons. The van der Waals surface area contributed by atoms with Gasteiger partial charge in [0, 0.05) is 10.6 Å². The maximum atomic E-state index is 11.9. The van der Waals surface area contributed by atoms with Crippen molar-refractivity contribution in [3.63, 3.8) is 0 Å². The molecule has 5 heteroatoms. The lowest BCUT2D eigenvalue weighted by molar-refractivity contribution is -0.118. The van der Waals surface area contributed by atoms with E-state index in [2.05, 4.69) is 5.32 Å². The van der Waals surface area contributed by atoms with E-state index in [0.717, 1.165) is 16.1 Å². The van der Waals surface area contributed by atoms with Crippen molar-refractivity contribution in [3.05, 3.63) is 54.1 Å². The third kappa shape index (κ3) is 4.79. The number of aliphatic hydroxyl groups excluding tert-OH is 1. The number of amides is 1. The molecular weight excluding hydrogens is 298 g/mol. The molecule has 2 N–H and O–H groups in total. The minimum Gasteiger partial charge on any atom is -0.484 e. The van der Waals surface area contributed by atoms with E-state index < -0.39 is 6.10 Å². The Morgan fingerprint density at radius 3 is 2.77 bits per heavy atom. The summed E-state index contributed by atoms with van der Waals surface area (Å²) in [6.45, 7) is 1.61. The van der Waals surface area contributed by atoms with Crippen molar-refractivity contribution in [1.29, 1.82) is 0 Å². The summed E-state index contributed by atoms with van der Waals surface area (Å²) in [5, 5.41) is 12.3. The summed E-state index contributed by atoms with van der Waals surface area (Å²) < 4.78 is 5.46. The molecule has 2 aromatic rings. The van der Waals surface area contributed by atoms with Crippen molar-refractivity contribution in [3.8, 4) is 5.75 Å². The molecule has 0 aromatic heterocycles. The molecule has 0 saturated heterocycles. The van der Waals surface area contributed by atoms with Crippen molar-refractivity contribution >= 4 is 23.4 Å². The average molecular weight is 317 g/mol. The van der Waals surface area contributed by atoms with E-state index in [1.54, 1.807) is 36.9 Å². The Balaban J connectivity index is 1.91. The third-order valence-corrected chi connectivity index (χ3v) is 3.79. The first kappa shape index (κ1) is 16.4. The standard InChI is InChI=1S/C17H19NO3S/c1-12(19)13-5-3-7-15(9-13)21-11-17(20)18-14-6-4-8-16(10-14)22-2/h3-10,12,19H,11H2,1-2H3,(H,18,20)/t12-/m0/s1. The van der Waals surface area contributed by atoms with E-state index in [1.165, 1.54) is 0 Å². The van der Waals surface area contributed by atoms with Crippen LogP contribution in [-0.4, -0.2) is 23.9 Å². The third-order valence-electron chi connectivity index (χ3n) is 3.06. The zero-order valence-corrected chi connectivity index (χ0v) is 13.4. The van der Waals surface area contributed by atoms with Gasteiger partial charge in [0.1, 0.15) is 5.75 Å². The van der Waals surface area contributed by atoms with Gasteiger partial charge in [-0.3, -0.25) is 4.79 Å². The number of nitrogens with one attached hydrogen (secondary N) is 1. The van der Waals surface area contributed by atoms with Crippen molar-refractivity contribution in [2.75, 3.05) is 18.2 Å². The lowest BCUT2D eigenvalue weighted by Gasteiger charge is -2.10. The molecule has 1 atom stereocenters. The van der Waals surface area contributed by atoms with Gasteiger partial charge in [-0.25, -0.2) is 0 Å². The van der Waals surface area contributed by atoms with Crippen LogP contribution in [0.3, 0.4) is 0 Å². The predicted octanol–water partition coefficient (Wildman–Crippen LogP) is 3.48. The van der Waals surface area contributed by atoms with E-state index in [0.29, 0.717) is 5.75 Å². The first-order chi connectivity index (χ1) is 10.6. The summed E-state index contributed by atoms with van der Waals surface area (Å²) in [5.74, 6) is 0.340. The molecule has 1 amide bonds. The molecule has 0 saturated carbocycles. The zero-order chi connectivity index (χ0) is 15.9. The molecule has 0 fully saturated rings. The molecule has 0 unspecified atom stereocenters. The van der Waals surface area contributed by atoms with Crippen LogP contribution in [0.1, 0.15) is 18.6 Å². The molecule has 0 aliphatic rings. The van der Waals surface area contributed by atoms with E-state index >= 15 is 0 Å². The molecule has 22 heavy (non-hydrogen) atoms. The van der Waals surface area contributed by atoms with Crippen LogP contribution in [0.15, 0.2) is 53.4 Å². The zero-order valence-electron chi connectivity index (χ0n) is 12.6. The second-order valence-corrected chi connectivity index (χ2v) is 5.70. The molecule has 0 bridgehead atoms. The van der Waals surface area contributed by atoms with Crippen LogP contribution >= 0.6 is 11.8 Å². The molecule has 0 radical (unpaired) electrons. The Bertz CT molecular complexity index is 643. The Morgan fingerprint density at radius 2 is 2.05 bits per heavy atom. The van der Waals surface area contributed by atoms with Gasteiger partial charge in [0.05, 0.1) is 6.10 Å². The van der Waals surface area contributed by atoms with Crippen molar-refractivity contribution in [1.82, 2.24) is 0 Å². The quantitative estimate of drug-likeness (QED) is 0.801. The minimum absolute atomic E-state index is 0.0766. The van der Waals surface area contributed by atoms with Gasteiger partial charge in [-0.15, -0.1) is 11.8 Å². The smallest absolute Gasteiger partial charge is 0.262 e. The fraction of sp³-hybridized carbons (Fsp3) is 0.235. The molecule has 0 aliphatic heterocycles. The summed E-state index contributed by atoms with van der Waals surface area (Å²) in [4.78, 5) is 13.0. The minimum atomic E-state index is -0.563. The van der Waals surface area contributed by atoms with Gasteiger partial charge in [-0.2, -0.15) is 0 Å². The Morgan fingerprint density at radius 1 is 1.27 bits per heavy atom. The van der Waals surface area contributed by atoms with Gasteiger partial charge >= 0.3 is 0 Å². The van der Waals surface area contributed by atoms with E-state index in [9.17, 15) is 9.90 Å². The monoisotopic (exact) mass is 317 g/mol. The number of ether oxygens (including phenoxy) is 1. The fourth-order valence-electron chi connectivity index (χ4n) is 1.91. The van der Waals surface area contributed by atoms with E-state index in [4.69, 9.17) is 4.74 Å². The van der Waals surface area contributed by atoms with Crippen LogP contribution < -0.4 is 10.1 Å². The van der Waals surface area contributed by atoms with Crippen LogP contribution in [0, 0.1) is 0 Å². The Labute approximate surface area is 134 Å². The molecule has 4 nitrogen and oxygen atoms in total. The van der Waals surface area contributed by atoms with Gasteiger partial charge in [0.2, 0.25) is 0 Å². The van der Waals surface area contributed by atoms with Crippen LogP contribution in [0.2, 0.25) is 0 Å². The number of thioether (sulfide) groups is 1. The molecule has 2 rings (SSSR count). The molecule has 0 aliphatic carbocycles. The first-order valence-electron chi connectivity index (χ1n) is 6.93. The second kappa shape index (κ2) is 7.87. The van der Waals surface area contributed by atoms with E-state index in [-0.39, 0.29) is 12.5 Å². The summed E-state index contributed by atoms with van der Waals surface area (Å²) in [5.41, 5.74) is 1.50.